The normalized spacial score (nSPS) is 22.5. The van der Waals surface area contributed by atoms with Crippen molar-refractivity contribution in [1.82, 2.24) is 15.3 Å². The van der Waals surface area contributed by atoms with Gasteiger partial charge in [-0.1, -0.05) is 0 Å². The van der Waals surface area contributed by atoms with Crippen LogP contribution in [0.1, 0.15) is 12.8 Å². The predicted molar refractivity (Wildman–Crippen MR) is 76.6 cm³/mol. The fourth-order valence-electron chi connectivity index (χ4n) is 2.30. The van der Waals surface area contributed by atoms with Gasteiger partial charge in [-0.05, 0) is 35.3 Å². The lowest BCUT2D eigenvalue weighted by Crippen LogP contribution is -2.49. The van der Waals surface area contributed by atoms with Crippen LogP contribution < -0.4 is 15.4 Å². The largest absolute Gasteiger partial charge is 0.480 e. The molecule has 2 heterocycles. The van der Waals surface area contributed by atoms with Gasteiger partial charge in [0.2, 0.25) is 11.8 Å². The molecule has 1 unspecified atom stereocenters. The molecular weight excluding hydrogens is 312 g/mol. The summed E-state index contributed by atoms with van der Waals surface area (Å²) in [4.78, 5) is 8.50. The van der Waals surface area contributed by atoms with Crippen molar-refractivity contribution in [2.45, 2.75) is 18.4 Å². The van der Waals surface area contributed by atoms with E-state index in [4.69, 9.17) is 9.47 Å². The number of hydrogen-bond donors (Lipinski definition) is 2. The van der Waals surface area contributed by atoms with Crippen LogP contribution in [-0.4, -0.2) is 49.4 Å². The third-order valence-corrected chi connectivity index (χ3v) is 3.79. The Morgan fingerprint density at radius 2 is 2.37 bits per heavy atom. The lowest BCUT2D eigenvalue weighted by Gasteiger charge is -2.28. The molecule has 1 aliphatic heterocycles. The smallest absolute Gasteiger partial charge is 0.232 e. The highest BCUT2D eigenvalue weighted by molar-refractivity contribution is 9.10. The van der Waals surface area contributed by atoms with E-state index in [1.807, 2.05) is 0 Å². The first-order valence-electron chi connectivity index (χ1n) is 6.23. The molecule has 0 radical (unpaired) electrons. The Labute approximate surface area is 121 Å². The number of aromatic nitrogens is 2. The van der Waals surface area contributed by atoms with Crippen LogP contribution in [0.3, 0.4) is 0 Å². The Hall–Kier alpha value is -0.920. The van der Waals surface area contributed by atoms with Crippen LogP contribution in [0.5, 0.6) is 5.88 Å². The van der Waals surface area contributed by atoms with Crippen LogP contribution in [0.2, 0.25) is 0 Å². The molecule has 2 rings (SSSR count). The number of ether oxygens (including phenoxy) is 2. The number of nitrogens with one attached hydrogen (secondary N) is 2. The third kappa shape index (κ3) is 3.55. The van der Waals surface area contributed by atoms with Gasteiger partial charge in [0.25, 0.3) is 0 Å². The minimum absolute atomic E-state index is 0.0293. The lowest BCUT2D eigenvalue weighted by molar-refractivity contribution is 0.127. The molecule has 1 fully saturated rings. The van der Waals surface area contributed by atoms with Crippen LogP contribution in [0.4, 0.5) is 5.95 Å². The Balaban J connectivity index is 2.01. The van der Waals surface area contributed by atoms with E-state index in [2.05, 4.69) is 36.5 Å². The summed E-state index contributed by atoms with van der Waals surface area (Å²) in [5, 5.41) is 6.75. The second-order valence-electron chi connectivity index (χ2n) is 4.65. The summed E-state index contributed by atoms with van der Waals surface area (Å²) in [6.07, 6.45) is 3.93. The van der Waals surface area contributed by atoms with E-state index in [1.54, 1.807) is 20.4 Å². The summed E-state index contributed by atoms with van der Waals surface area (Å²) in [6.45, 7) is 2.43. The van der Waals surface area contributed by atoms with E-state index < -0.39 is 0 Å². The van der Waals surface area contributed by atoms with Crippen LogP contribution in [-0.2, 0) is 4.74 Å². The Morgan fingerprint density at radius 1 is 1.53 bits per heavy atom. The highest BCUT2D eigenvalue weighted by Gasteiger charge is 2.33. The summed E-state index contributed by atoms with van der Waals surface area (Å²) in [6, 6.07) is 0. The summed E-state index contributed by atoms with van der Waals surface area (Å²) in [7, 11) is 3.31. The highest BCUT2D eigenvalue weighted by atomic mass is 79.9. The molecule has 1 aromatic rings. The minimum Gasteiger partial charge on any atom is -0.480 e. The fourth-order valence-corrected chi connectivity index (χ4v) is 2.65. The number of rotatable bonds is 6. The minimum atomic E-state index is -0.0293. The molecule has 7 heteroatoms. The number of nitrogens with zero attached hydrogens (tertiary/aromatic N) is 2. The van der Waals surface area contributed by atoms with E-state index in [0.717, 1.165) is 30.4 Å². The maximum absolute atomic E-state index is 5.31. The first kappa shape index (κ1) is 14.5. The maximum Gasteiger partial charge on any atom is 0.232 e. The number of halogens is 1. The van der Waals surface area contributed by atoms with Crippen molar-refractivity contribution in [1.29, 1.82) is 0 Å². The molecular formula is C12H19BrN4O2. The molecule has 1 aromatic heterocycles. The molecule has 106 valence electrons. The summed E-state index contributed by atoms with van der Waals surface area (Å²) in [5.74, 6) is 1.09. The molecule has 19 heavy (non-hydrogen) atoms. The zero-order valence-corrected chi connectivity index (χ0v) is 12.8. The summed E-state index contributed by atoms with van der Waals surface area (Å²) >= 11 is 3.33. The first-order valence-corrected chi connectivity index (χ1v) is 7.03. The molecule has 0 aromatic carbocycles. The highest BCUT2D eigenvalue weighted by Crippen LogP contribution is 2.23. The van der Waals surface area contributed by atoms with Gasteiger partial charge in [-0.2, -0.15) is 4.98 Å². The SMILES string of the molecule is COCC1(CNc2ncc(Br)c(OC)n2)CCCN1. The second kappa shape index (κ2) is 6.49. The molecule has 0 bridgehead atoms. The predicted octanol–water partition coefficient (Wildman–Crippen LogP) is 1.43. The molecule has 6 nitrogen and oxygen atoms in total. The standard InChI is InChI=1S/C12H19BrN4O2/c1-18-8-12(4-3-5-16-12)7-15-11-14-6-9(13)10(17-11)19-2/h6,16H,3-5,7-8H2,1-2H3,(H,14,15,17). The van der Waals surface area contributed by atoms with Gasteiger partial charge in [0.1, 0.15) is 0 Å². The van der Waals surface area contributed by atoms with Crippen molar-refractivity contribution in [3.05, 3.63) is 10.7 Å². The number of methoxy groups -OCH3 is 2. The molecule has 1 aliphatic rings. The van der Waals surface area contributed by atoms with Gasteiger partial charge in [0.15, 0.2) is 0 Å². The van der Waals surface area contributed by atoms with Gasteiger partial charge in [0, 0.05) is 13.7 Å². The Kier molecular flexibility index (Phi) is 4.95. The van der Waals surface area contributed by atoms with E-state index in [1.165, 1.54) is 0 Å². The van der Waals surface area contributed by atoms with Gasteiger partial charge in [-0.3, -0.25) is 0 Å². The Morgan fingerprint density at radius 3 is 3.00 bits per heavy atom. The molecule has 0 aliphatic carbocycles. The van der Waals surface area contributed by atoms with Crippen molar-refractivity contribution in [2.24, 2.45) is 0 Å². The van der Waals surface area contributed by atoms with Crippen LogP contribution in [0.15, 0.2) is 10.7 Å². The van der Waals surface area contributed by atoms with E-state index >= 15 is 0 Å². The van der Waals surface area contributed by atoms with Gasteiger partial charge in [0.05, 0.1) is 29.9 Å². The van der Waals surface area contributed by atoms with Crippen molar-refractivity contribution >= 4 is 21.9 Å². The number of hydrogen-bond acceptors (Lipinski definition) is 6. The molecule has 2 N–H and O–H groups in total. The van der Waals surface area contributed by atoms with Crippen LogP contribution in [0.25, 0.3) is 0 Å². The van der Waals surface area contributed by atoms with Crippen molar-refractivity contribution in [2.75, 3.05) is 39.2 Å². The van der Waals surface area contributed by atoms with Crippen molar-refractivity contribution in [3.63, 3.8) is 0 Å². The summed E-state index contributed by atoms with van der Waals surface area (Å²) in [5.41, 5.74) is -0.0293. The van der Waals surface area contributed by atoms with Gasteiger partial charge in [-0.25, -0.2) is 4.98 Å². The molecule has 0 amide bonds. The number of anilines is 1. The second-order valence-corrected chi connectivity index (χ2v) is 5.50. The molecule has 0 spiro atoms. The van der Waals surface area contributed by atoms with Gasteiger partial charge >= 0.3 is 0 Å². The average molecular weight is 331 g/mol. The van der Waals surface area contributed by atoms with E-state index in [9.17, 15) is 0 Å². The monoisotopic (exact) mass is 330 g/mol. The molecule has 1 saturated heterocycles. The molecule has 1 atom stereocenters. The van der Waals surface area contributed by atoms with E-state index in [-0.39, 0.29) is 5.54 Å². The maximum atomic E-state index is 5.31. The topological polar surface area (TPSA) is 68.3 Å². The zero-order chi connectivity index (χ0) is 13.7. The average Bonchev–Trinajstić information content (AvgIpc) is 2.87. The zero-order valence-electron chi connectivity index (χ0n) is 11.2. The fraction of sp³-hybridized carbons (Fsp3) is 0.667. The van der Waals surface area contributed by atoms with Crippen LogP contribution >= 0.6 is 15.9 Å². The van der Waals surface area contributed by atoms with E-state index in [0.29, 0.717) is 18.4 Å². The van der Waals surface area contributed by atoms with Gasteiger partial charge in [-0.15, -0.1) is 0 Å². The first-order chi connectivity index (χ1) is 9.19. The van der Waals surface area contributed by atoms with Crippen LogP contribution in [0, 0.1) is 0 Å². The molecule has 0 saturated carbocycles. The Bertz CT molecular complexity index is 424. The summed E-state index contributed by atoms with van der Waals surface area (Å²) < 4.78 is 11.2. The van der Waals surface area contributed by atoms with Crippen molar-refractivity contribution < 1.29 is 9.47 Å². The quantitative estimate of drug-likeness (QED) is 0.822. The van der Waals surface area contributed by atoms with Crippen molar-refractivity contribution in [3.8, 4) is 5.88 Å². The lowest BCUT2D eigenvalue weighted by atomic mass is 9.99. The third-order valence-electron chi connectivity index (χ3n) is 3.24. The van der Waals surface area contributed by atoms with Gasteiger partial charge < -0.3 is 20.1 Å².